The van der Waals surface area contributed by atoms with Crippen LogP contribution in [0, 0.1) is 0 Å². The van der Waals surface area contributed by atoms with E-state index in [1.54, 1.807) is 0 Å². The number of nitrogens with zero attached hydrogens (tertiary/aromatic N) is 1. The fraction of sp³-hybridized carbons (Fsp3) is 0.143. The number of rotatable bonds is 3. The molecule has 2 aromatic rings. The first kappa shape index (κ1) is 13.2. The summed E-state index contributed by atoms with van der Waals surface area (Å²) in [5.74, 6) is 0. The van der Waals surface area contributed by atoms with E-state index in [1.807, 2.05) is 49.5 Å². The molecule has 0 aromatic heterocycles. The quantitative estimate of drug-likeness (QED) is 0.852. The molecule has 0 aliphatic carbocycles. The Morgan fingerprint density at radius 1 is 1.22 bits per heavy atom. The summed E-state index contributed by atoms with van der Waals surface area (Å²) in [6.07, 6.45) is 0. The molecular weight excluding hydrogens is 312 g/mol. The molecule has 0 fully saturated rings. The van der Waals surface area contributed by atoms with Crippen LogP contribution in [0.5, 0.6) is 0 Å². The van der Waals surface area contributed by atoms with Gasteiger partial charge in [-0.3, -0.25) is 0 Å². The Kier molecular flexibility index (Phi) is 4.15. The van der Waals surface area contributed by atoms with Crippen molar-refractivity contribution in [2.24, 2.45) is 0 Å². The van der Waals surface area contributed by atoms with Gasteiger partial charge in [-0.05, 0) is 29.8 Å². The van der Waals surface area contributed by atoms with Gasteiger partial charge in [0.05, 0.1) is 11.4 Å². The van der Waals surface area contributed by atoms with Gasteiger partial charge in [0.2, 0.25) is 0 Å². The molecule has 0 amide bonds. The molecule has 0 saturated carbocycles. The molecule has 18 heavy (non-hydrogen) atoms. The zero-order valence-corrected chi connectivity index (χ0v) is 12.4. The van der Waals surface area contributed by atoms with Crippen LogP contribution in [0.1, 0.15) is 5.56 Å². The molecule has 2 nitrogen and oxygen atoms in total. The molecule has 0 heterocycles. The molecule has 2 aromatic carbocycles. The van der Waals surface area contributed by atoms with Crippen molar-refractivity contribution in [3.63, 3.8) is 0 Å². The first-order chi connectivity index (χ1) is 8.58. The van der Waals surface area contributed by atoms with E-state index >= 15 is 0 Å². The van der Waals surface area contributed by atoms with Gasteiger partial charge in [-0.1, -0.05) is 45.7 Å². The highest BCUT2D eigenvalue weighted by atomic mass is 79.9. The fourth-order valence-electron chi connectivity index (χ4n) is 1.81. The van der Waals surface area contributed by atoms with Crippen LogP contribution in [0.4, 0.5) is 11.4 Å². The first-order valence-electron chi connectivity index (χ1n) is 5.57. The number of nitrogen functional groups attached to an aromatic ring is 1. The number of nitrogens with two attached hydrogens (primary N) is 1. The molecule has 0 spiro atoms. The van der Waals surface area contributed by atoms with Crippen molar-refractivity contribution in [2.45, 2.75) is 6.54 Å². The molecule has 0 unspecified atom stereocenters. The zero-order chi connectivity index (χ0) is 13.1. The Morgan fingerprint density at radius 3 is 2.67 bits per heavy atom. The van der Waals surface area contributed by atoms with E-state index in [-0.39, 0.29) is 0 Å². The van der Waals surface area contributed by atoms with E-state index in [0.29, 0.717) is 0 Å². The molecule has 0 atom stereocenters. The number of anilines is 2. The standard InChI is InChI=1S/C14H14BrClN2/c1-18(9-10-4-2-3-5-12(10)16)14-8-11(15)6-7-13(14)17/h2-8H,9,17H2,1H3. The third-order valence-electron chi connectivity index (χ3n) is 2.77. The Labute approximate surface area is 120 Å². The molecule has 0 bridgehead atoms. The molecular formula is C14H14BrClN2. The second-order valence-corrected chi connectivity index (χ2v) is 5.47. The smallest absolute Gasteiger partial charge is 0.0611 e. The maximum absolute atomic E-state index is 6.16. The maximum Gasteiger partial charge on any atom is 0.0611 e. The van der Waals surface area contributed by atoms with Crippen LogP contribution in [0.15, 0.2) is 46.9 Å². The largest absolute Gasteiger partial charge is 0.397 e. The Bertz CT molecular complexity index is 557. The minimum Gasteiger partial charge on any atom is -0.397 e. The highest BCUT2D eigenvalue weighted by Crippen LogP contribution is 2.28. The van der Waals surface area contributed by atoms with Gasteiger partial charge in [0.1, 0.15) is 0 Å². The lowest BCUT2D eigenvalue weighted by molar-refractivity contribution is 0.924. The highest BCUT2D eigenvalue weighted by molar-refractivity contribution is 9.10. The molecule has 0 aliphatic rings. The lowest BCUT2D eigenvalue weighted by Crippen LogP contribution is -2.18. The summed E-state index contributed by atoms with van der Waals surface area (Å²) in [4.78, 5) is 2.08. The Morgan fingerprint density at radius 2 is 1.94 bits per heavy atom. The molecule has 2 N–H and O–H groups in total. The minimum absolute atomic E-state index is 0.723. The van der Waals surface area contributed by atoms with Crippen molar-refractivity contribution >= 4 is 38.9 Å². The molecule has 2 rings (SSSR count). The number of hydrogen-bond donors (Lipinski definition) is 1. The van der Waals surface area contributed by atoms with Gasteiger partial charge in [0, 0.05) is 23.1 Å². The predicted molar refractivity (Wildman–Crippen MR) is 82.1 cm³/mol. The SMILES string of the molecule is CN(Cc1ccccc1Cl)c1cc(Br)ccc1N. The fourth-order valence-corrected chi connectivity index (χ4v) is 2.36. The van der Waals surface area contributed by atoms with Crippen molar-refractivity contribution in [1.29, 1.82) is 0 Å². The first-order valence-corrected chi connectivity index (χ1v) is 6.74. The minimum atomic E-state index is 0.723. The van der Waals surface area contributed by atoms with Gasteiger partial charge < -0.3 is 10.6 Å². The number of hydrogen-bond acceptors (Lipinski definition) is 2. The monoisotopic (exact) mass is 324 g/mol. The Balaban J connectivity index is 2.25. The van der Waals surface area contributed by atoms with Crippen LogP contribution in [0.25, 0.3) is 0 Å². The van der Waals surface area contributed by atoms with Crippen LogP contribution in [0.2, 0.25) is 5.02 Å². The Hall–Kier alpha value is -1.19. The summed E-state index contributed by atoms with van der Waals surface area (Å²) in [7, 11) is 2.00. The van der Waals surface area contributed by atoms with Crippen LogP contribution in [-0.2, 0) is 6.54 Å². The van der Waals surface area contributed by atoms with E-state index in [0.717, 1.165) is 33.0 Å². The van der Waals surface area contributed by atoms with Crippen LogP contribution >= 0.6 is 27.5 Å². The summed E-state index contributed by atoms with van der Waals surface area (Å²) < 4.78 is 1.01. The van der Waals surface area contributed by atoms with Gasteiger partial charge in [-0.2, -0.15) is 0 Å². The van der Waals surface area contributed by atoms with Crippen molar-refractivity contribution in [3.05, 3.63) is 57.5 Å². The maximum atomic E-state index is 6.16. The lowest BCUT2D eigenvalue weighted by atomic mass is 10.2. The summed E-state index contributed by atoms with van der Waals surface area (Å²) in [5, 5.41) is 0.776. The van der Waals surface area contributed by atoms with Gasteiger partial charge in [0.25, 0.3) is 0 Å². The van der Waals surface area contributed by atoms with E-state index in [2.05, 4.69) is 20.8 Å². The molecule has 0 aliphatic heterocycles. The average Bonchev–Trinajstić information content (AvgIpc) is 2.35. The summed E-state index contributed by atoms with van der Waals surface area (Å²) >= 11 is 9.62. The van der Waals surface area contributed by atoms with Gasteiger partial charge in [0.15, 0.2) is 0 Å². The van der Waals surface area contributed by atoms with Gasteiger partial charge in [-0.15, -0.1) is 0 Å². The van der Waals surface area contributed by atoms with Crippen molar-refractivity contribution in [1.82, 2.24) is 0 Å². The highest BCUT2D eigenvalue weighted by Gasteiger charge is 2.08. The molecule has 0 radical (unpaired) electrons. The van der Waals surface area contributed by atoms with Crippen LogP contribution in [0.3, 0.4) is 0 Å². The second-order valence-electron chi connectivity index (χ2n) is 4.15. The summed E-state index contributed by atoms with van der Waals surface area (Å²) in [6, 6.07) is 13.7. The van der Waals surface area contributed by atoms with Crippen molar-refractivity contribution in [3.8, 4) is 0 Å². The van der Waals surface area contributed by atoms with E-state index in [9.17, 15) is 0 Å². The van der Waals surface area contributed by atoms with Gasteiger partial charge >= 0.3 is 0 Å². The van der Waals surface area contributed by atoms with E-state index < -0.39 is 0 Å². The molecule has 0 saturated heterocycles. The van der Waals surface area contributed by atoms with Crippen LogP contribution < -0.4 is 10.6 Å². The normalized spacial score (nSPS) is 10.4. The molecule has 4 heteroatoms. The molecule has 94 valence electrons. The van der Waals surface area contributed by atoms with Gasteiger partial charge in [-0.25, -0.2) is 0 Å². The van der Waals surface area contributed by atoms with E-state index in [1.165, 1.54) is 0 Å². The lowest BCUT2D eigenvalue weighted by Gasteiger charge is -2.22. The summed E-state index contributed by atoms with van der Waals surface area (Å²) in [5.41, 5.74) is 8.82. The number of benzene rings is 2. The van der Waals surface area contributed by atoms with Crippen molar-refractivity contribution < 1.29 is 0 Å². The van der Waals surface area contributed by atoms with Crippen molar-refractivity contribution in [2.75, 3.05) is 17.7 Å². The topological polar surface area (TPSA) is 29.3 Å². The van der Waals surface area contributed by atoms with Crippen LogP contribution in [-0.4, -0.2) is 7.05 Å². The predicted octanol–water partition coefficient (Wildman–Crippen LogP) is 4.32. The third-order valence-corrected chi connectivity index (χ3v) is 3.63. The zero-order valence-electron chi connectivity index (χ0n) is 10.0. The number of halogens is 2. The summed E-state index contributed by atoms with van der Waals surface area (Å²) in [6.45, 7) is 0.723. The average molecular weight is 326 g/mol. The second kappa shape index (κ2) is 5.63. The van der Waals surface area contributed by atoms with E-state index in [4.69, 9.17) is 17.3 Å². The third kappa shape index (κ3) is 2.98.